The summed E-state index contributed by atoms with van der Waals surface area (Å²) in [6.45, 7) is 4.52. The molecule has 5 rings (SSSR count). The Balaban J connectivity index is 1.44. The first-order valence-corrected chi connectivity index (χ1v) is 13.8. The maximum absolute atomic E-state index is 13.3. The molecule has 3 aliphatic rings. The van der Waals surface area contributed by atoms with E-state index in [4.69, 9.17) is 9.47 Å². The average molecular weight is 551 g/mol. The normalized spacial score (nSPS) is 20.2. The third kappa shape index (κ3) is 5.70. The van der Waals surface area contributed by atoms with E-state index in [0.29, 0.717) is 34.2 Å². The minimum absolute atomic E-state index is 0.0965. The number of ether oxygens (including phenoxy) is 2. The van der Waals surface area contributed by atoms with Crippen molar-refractivity contribution in [3.63, 3.8) is 0 Å². The fourth-order valence-electron chi connectivity index (χ4n) is 4.39. The van der Waals surface area contributed by atoms with Crippen LogP contribution in [0.15, 0.2) is 58.6 Å². The van der Waals surface area contributed by atoms with Gasteiger partial charge in [0.25, 0.3) is 5.91 Å². The number of urea groups is 1. The summed E-state index contributed by atoms with van der Waals surface area (Å²) in [6.07, 6.45) is 6.99. The summed E-state index contributed by atoms with van der Waals surface area (Å²) in [7, 11) is 1.60. The lowest BCUT2D eigenvalue weighted by Crippen LogP contribution is -2.46. The molecule has 2 aromatic rings. The SMILES string of the molecule is CCOC(=O)C1=C(CSC2=N/C(=C/c3ccc(OC)cc3)C(=O)N2C2CC2)NC(=O)N[C@@H]1c1cnn(CC)c1. The number of thioether (sulfide) groups is 1. The minimum atomic E-state index is -0.717. The van der Waals surface area contributed by atoms with E-state index in [1.807, 2.05) is 31.2 Å². The van der Waals surface area contributed by atoms with Crippen molar-refractivity contribution in [2.45, 2.75) is 45.3 Å². The number of benzene rings is 1. The Morgan fingerprint density at radius 2 is 1.97 bits per heavy atom. The summed E-state index contributed by atoms with van der Waals surface area (Å²) in [5.41, 5.74) is 2.56. The zero-order chi connectivity index (χ0) is 27.5. The van der Waals surface area contributed by atoms with E-state index < -0.39 is 18.0 Å². The van der Waals surface area contributed by atoms with E-state index in [2.05, 4.69) is 20.7 Å². The molecule has 0 saturated heterocycles. The Hall–Kier alpha value is -4.06. The van der Waals surface area contributed by atoms with Crippen LogP contribution in [-0.2, 0) is 20.9 Å². The van der Waals surface area contributed by atoms with Gasteiger partial charge in [0.05, 0.1) is 31.5 Å². The van der Waals surface area contributed by atoms with Gasteiger partial charge in [0.1, 0.15) is 11.4 Å². The van der Waals surface area contributed by atoms with Gasteiger partial charge in [-0.15, -0.1) is 0 Å². The molecule has 2 aliphatic heterocycles. The Kier molecular flexibility index (Phi) is 7.73. The molecule has 0 radical (unpaired) electrons. The summed E-state index contributed by atoms with van der Waals surface area (Å²) < 4.78 is 12.3. The molecule has 3 heterocycles. The average Bonchev–Trinajstić information content (AvgIpc) is 3.56. The molecule has 11 nitrogen and oxygen atoms in total. The number of esters is 1. The number of amides is 3. The monoisotopic (exact) mass is 550 g/mol. The van der Waals surface area contributed by atoms with Gasteiger partial charge in [0.2, 0.25) is 0 Å². The molecule has 1 atom stereocenters. The lowest BCUT2D eigenvalue weighted by Gasteiger charge is -2.28. The number of aryl methyl sites for hydroxylation is 1. The van der Waals surface area contributed by atoms with E-state index in [1.165, 1.54) is 11.8 Å². The van der Waals surface area contributed by atoms with Crippen molar-refractivity contribution in [3.05, 3.63) is 64.8 Å². The van der Waals surface area contributed by atoms with Crippen molar-refractivity contribution in [2.24, 2.45) is 4.99 Å². The predicted molar refractivity (Wildman–Crippen MR) is 147 cm³/mol. The molecule has 12 heteroatoms. The number of nitrogens with zero attached hydrogens (tertiary/aromatic N) is 4. The van der Waals surface area contributed by atoms with E-state index in [1.54, 1.807) is 42.1 Å². The molecule has 1 aliphatic carbocycles. The van der Waals surface area contributed by atoms with Crippen LogP contribution in [0, 0.1) is 0 Å². The number of nitrogens with one attached hydrogen (secondary N) is 2. The zero-order valence-corrected chi connectivity index (χ0v) is 22.8. The summed E-state index contributed by atoms with van der Waals surface area (Å²) in [5, 5.41) is 10.4. The molecule has 1 aromatic heterocycles. The molecule has 1 fully saturated rings. The molecule has 0 bridgehead atoms. The Bertz CT molecular complexity index is 1380. The summed E-state index contributed by atoms with van der Waals surface area (Å²) in [4.78, 5) is 45.4. The molecule has 3 amide bonds. The minimum Gasteiger partial charge on any atom is -0.497 e. The summed E-state index contributed by atoms with van der Waals surface area (Å²) in [5.74, 6) is 0.253. The van der Waals surface area contributed by atoms with Gasteiger partial charge < -0.3 is 20.1 Å². The Morgan fingerprint density at radius 3 is 2.62 bits per heavy atom. The lowest BCUT2D eigenvalue weighted by molar-refractivity contribution is -0.139. The number of aromatic nitrogens is 2. The number of aliphatic imine (C=N–C) groups is 1. The van der Waals surface area contributed by atoms with E-state index in [9.17, 15) is 14.4 Å². The van der Waals surface area contributed by atoms with Crippen LogP contribution in [0.4, 0.5) is 4.79 Å². The van der Waals surface area contributed by atoms with Gasteiger partial charge in [-0.1, -0.05) is 23.9 Å². The second-order valence-electron chi connectivity index (χ2n) is 9.17. The van der Waals surface area contributed by atoms with E-state index in [-0.39, 0.29) is 24.3 Å². The molecule has 1 saturated carbocycles. The standard InChI is InChI=1S/C27H30N6O5S/c1-4-32-14-17(13-28-32)23-22(25(35)38-5-2)21(29-26(36)31-23)15-39-27-30-20(24(34)33(27)18-8-9-18)12-16-6-10-19(37-3)11-7-16/h6-7,10-14,18,23H,4-5,8-9,15H2,1-3H3,(H2,29,31,36)/b20-12+/t23-/m1/s1. The van der Waals surface area contributed by atoms with Crippen LogP contribution in [-0.4, -0.2) is 63.3 Å². The topological polar surface area (TPSA) is 127 Å². The molecular weight excluding hydrogens is 520 g/mol. The fraction of sp³-hybridized carbons (Fsp3) is 0.370. The second kappa shape index (κ2) is 11.4. The first kappa shape index (κ1) is 26.5. The second-order valence-corrected chi connectivity index (χ2v) is 10.1. The molecule has 2 N–H and O–H groups in total. The molecular formula is C27H30N6O5S. The largest absolute Gasteiger partial charge is 0.497 e. The van der Waals surface area contributed by atoms with Crippen molar-refractivity contribution < 1.29 is 23.9 Å². The molecule has 39 heavy (non-hydrogen) atoms. The van der Waals surface area contributed by atoms with Gasteiger partial charge >= 0.3 is 12.0 Å². The molecule has 0 spiro atoms. The quantitative estimate of drug-likeness (QED) is 0.363. The smallest absolute Gasteiger partial charge is 0.338 e. The Labute approximate surface area is 230 Å². The number of rotatable bonds is 9. The highest BCUT2D eigenvalue weighted by molar-refractivity contribution is 8.14. The van der Waals surface area contributed by atoms with Gasteiger partial charge in [0.15, 0.2) is 5.17 Å². The van der Waals surface area contributed by atoms with Crippen molar-refractivity contribution in [1.82, 2.24) is 25.3 Å². The van der Waals surface area contributed by atoms with Crippen LogP contribution in [0.2, 0.25) is 0 Å². The first-order chi connectivity index (χ1) is 18.9. The lowest BCUT2D eigenvalue weighted by atomic mass is 9.98. The van der Waals surface area contributed by atoms with Crippen molar-refractivity contribution in [1.29, 1.82) is 0 Å². The summed E-state index contributed by atoms with van der Waals surface area (Å²) in [6, 6.07) is 6.33. The highest BCUT2D eigenvalue weighted by Crippen LogP contribution is 2.37. The highest BCUT2D eigenvalue weighted by Gasteiger charge is 2.42. The van der Waals surface area contributed by atoms with Crippen molar-refractivity contribution in [2.75, 3.05) is 19.5 Å². The first-order valence-electron chi connectivity index (χ1n) is 12.8. The highest BCUT2D eigenvalue weighted by atomic mass is 32.2. The Morgan fingerprint density at radius 1 is 1.21 bits per heavy atom. The third-order valence-electron chi connectivity index (χ3n) is 6.50. The van der Waals surface area contributed by atoms with Crippen LogP contribution in [0.25, 0.3) is 6.08 Å². The van der Waals surface area contributed by atoms with Crippen molar-refractivity contribution >= 4 is 40.9 Å². The maximum atomic E-state index is 13.3. The maximum Gasteiger partial charge on any atom is 0.338 e. The number of carbonyl (C=O) groups is 3. The van der Waals surface area contributed by atoms with Crippen molar-refractivity contribution in [3.8, 4) is 5.75 Å². The molecule has 204 valence electrons. The van der Waals surface area contributed by atoms with Crippen LogP contribution in [0.1, 0.15) is 43.9 Å². The summed E-state index contributed by atoms with van der Waals surface area (Å²) >= 11 is 1.30. The third-order valence-corrected chi connectivity index (χ3v) is 7.48. The van der Waals surface area contributed by atoms with Crippen LogP contribution >= 0.6 is 11.8 Å². The van der Waals surface area contributed by atoms with Gasteiger partial charge in [0, 0.05) is 35.8 Å². The zero-order valence-electron chi connectivity index (χ0n) is 22.0. The predicted octanol–water partition coefficient (Wildman–Crippen LogP) is 3.22. The number of amidine groups is 1. The van der Waals surface area contributed by atoms with E-state index >= 15 is 0 Å². The number of carbonyl (C=O) groups excluding carboxylic acids is 3. The van der Waals surface area contributed by atoms with Crippen LogP contribution in [0.3, 0.4) is 0 Å². The van der Waals surface area contributed by atoms with Gasteiger partial charge in [-0.05, 0) is 50.5 Å². The van der Waals surface area contributed by atoms with Crippen LogP contribution in [0.5, 0.6) is 5.75 Å². The van der Waals surface area contributed by atoms with Gasteiger partial charge in [-0.3, -0.25) is 14.4 Å². The van der Waals surface area contributed by atoms with Gasteiger partial charge in [-0.2, -0.15) is 5.10 Å². The molecule has 1 aromatic carbocycles. The van der Waals surface area contributed by atoms with Crippen LogP contribution < -0.4 is 15.4 Å². The number of hydrogen-bond donors (Lipinski definition) is 2. The van der Waals surface area contributed by atoms with E-state index in [0.717, 1.165) is 24.2 Å². The van der Waals surface area contributed by atoms with Gasteiger partial charge in [-0.25, -0.2) is 14.6 Å². The fourth-order valence-corrected chi connectivity index (χ4v) is 5.43. The number of hydrogen-bond acceptors (Lipinski definition) is 8. The molecule has 0 unspecified atom stereocenters. The number of methoxy groups -OCH3 is 1.